The van der Waals surface area contributed by atoms with E-state index in [1.165, 1.54) is 23.3 Å². The zero-order valence-corrected chi connectivity index (χ0v) is 15.1. The van der Waals surface area contributed by atoms with Gasteiger partial charge in [0.25, 0.3) is 5.91 Å². The minimum Gasteiger partial charge on any atom is -0.342 e. The van der Waals surface area contributed by atoms with Gasteiger partial charge in [0.05, 0.1) is 10.8 Å². The highest BCUT2D eigenvalue weighted by Gasteiger charge is 2.33. The Kier molecular flexibility index (Phi) is 4.61. The van der Waals surface area contributed by atoms with Crippen LogP contribution >= 0.6 is 11.3 Å². The van der Waals surface area contributed by atoms with E-state index in [0.29, 0.717) is 6.54 Å². The molecule has 0 aromatic carbocycles. The number of fused-ring (bicyclic) bond motifs is 1. The molecule has 1 unspecified atom stereocenters. The average Bonchev–Trinajstić information content (AvgIpc) is 3.30. The van der Waals surface area contributed by atoms with Crippen LogP contribution in [0.4, 0.5) is 0 Å². The van der Waals surface area contributed by atoms with Gasteiger partial charge in [0, 0.05) is 31.1 Å². The van der Waals surface area contributed by atoms with Crippen LogP contribution < -0.4 is 0 Å². The minimum absolute atomic E-state index is 0.00962. The maximum Gasteiger partial charge on any atom is 0.263 e. The molecule has 0 spiro atoms. The number of carbonyl (C=O) groups is 2. The molecular weight excluding hydrogens is 320 g/mol. The Bertz CT molecular complexity index is 610. The summed E-state index contributed by atoms with van der Waals surface area (Å²) in [6, 6.07) is 2.12. The zero-order chi connectivity index (χ0) is 16.5. The summed E-state index contributed by atoms with van der Waals surface area (Å²) in [5.41, 5.74) is 1.39. The Morgan fingerprint density at radius 2 is 1.71 bits per heavy atom. The van der Waals surface area contributed by atoms with Crippen LogP contribution in [0.2, 0.25) is 0 Å². The lowest BCUT2D eigenvalue weighted by Crippen LogP contribution is -2.46. The van der Waals surface area contributed by atoms with E-state index in [-0.39, 0.29) is 17.7 Å². The fourth-order valence-corrected chi connectivity index (χ4v) is 5.53. The summed E-state index contributed by atoms with van der Waals surface area (Å²) < 4.78 is 0. The molecular formula is C19H26N2O2S. The van der Waals surface area contributed by atoms with Crippen LogP contribution in [-0.2, 0) is 17.6 Å². The molecule has 1 aromatic rings. The molecule has 1 aliphatic carbocycles. The van der Waals surface area contributed by atoms with Crippen LogP contribution in [0.3, 0.4) is 0 Å². The number of carbonyl (C=O) groups excluding carboxylic acids is 2. The molecule has 0 bridgehead atoms. The quantitative estimate of drug-likeness (QED) is 0.826. The lowest BCUT2D eigenvalue weighted by Gasteiger charge is -2.33. The largest absolute Gasteiger partial charge is 0.342 e. The SMILES string of the molecule is O=C(c1cc2c(s1)CCCC2)N1CCCC(C(=O)N2CCCC2)C1. The van der Waals surface area contributed by atoms with Gasteiger partial charge in [-0.15, -0.1) is 11.3 Å². The lowest BCUT2D eigenvalue weighted by atomic mass is 9.96. The Morgan fingerprint density at radius 3 is 2.50 bits per heavy atom. The molecule has 3 heterocycles. The van der Waals surface area contributed by atoms with Gasteiger partial charge >= 0.3 is 0 Å². The lowest BCUT2D eigenvalue weighted by molar-refractivity contribution is -0.135. The van der Waals surface area contributed by atoms with Gasteiger partial charge < -0.3 is 9.80 Å². The fourth-order valence-electron chi connectivity index (χ4n) is 4.31. The van der Waals surface area contributed by atoms with Gasteiger partial charge in [0.2, 0.25) is 5.91 Å². The van der Waals surface area contributed by atoms with Gasteiger partial charge in [-0.2, -0.15) is 0 Å². The molecule has 0 saturated carbocycles. The number of thiophene rings is 1. The topological polar surface area (TPSA) is 40.6 Å². The third-order valence-corrected chi connectivity index (χ3v) is 6.91. The van der Waals surface area contributed by atoms with Crippen LogP contribution in [0.15, 0.2) is 6.07 Å². The van der Waals surface area contributed by atoms with Crippen molar-refractivity contribution < 1.29 is 9.59 Å². The number of hydrogen-bond donors (Lipinski definition) is 0. The third-order valence-electron chi connectivity index (χ3n) is 5.68. The molecule has 130 valence electrons. The Morgan fingerprint density at radius 1 is 0.958 bits per heavy atom. The molecule has 0 radical (unpaired) electrons. The van der Waals surface area contributed by atoms with E-state index in [1.807, 2.05) is 9.80 Å². The molecule has 5 heteroatoms. The molecule has 4 rings (SSSR count). The van der Waals surface area contributed by atoms with Gasteiger partial charge in [0.1, 0.15) is 0 Å². The average molecular weight is 346 g/mol. The molecule has 1 atom stereocenters. The number of hydrogen-bond acceptors (Lipinski definition) is 3. The van der Waals surface area contributed by atoms with E-state index < -0.39 is 0 Å². The molecule has 2 amide bonds. The highest BCUT2D eigenvalue weighted by atomic mass is 32.1. The first-order valence-corrected chi connectivity index (χ1v) is 10.2. The van der Waals surface area contributed by atoms with Crippen LogP contribution in [0, 0.1) is 5.92 Å². The van der Waals surface area contributed by atoms with Crippen LogP contribution in [-0.4, -0.2) is 47.8 Å². The smallest absolute Gasteiger partial charge is 0.263 e. The molecule has 0 N–H and O–H groups in total. The van der Waals surface area contributed by atoms with Crippen molar-refractivity contribution in [1.82, 2.24) is 9.80 Å². The van der Waals surface area contributed by atoms with Gasteiger partial charge in [0.15, 0.2) is 0 Å². The number of likely N-dealkylation sites (tertiary alicyclic amines) is 2. The number of nitrogens with zero attached hydrogens (tertiary/aromatic N) is 2. The van der Waals surface area contributed by atoms with Gasteiger partial charge in [-0.3, -0.25) is 9.59 Å². The van der Waals surface area contributed by atoms with E-state index in [4.69, 9.17) is 0 Å². The molecule has 2 saturated heterocycles. The van der Waals surface area contributed by atoms with Crippen LogP contribution in [0.1, 0.15) is 58.6 Å². The Balaban J connectivity index is 1.44. The molecule has 3 aliphatic rings. The monoisotopic (exact) mass is 346 g/mol. The van der Waals surface area contributed by atoms with E-state index in [9.17, 15) is 9.59 Å². The normalized spacial score (nSPS) is 24.1. The van der Waals surface area contributed by atoms with Gasteiger partial charge in [-0.1, -0.05) is 0 Å². The zero-order valence-electron chi connectivity index (χ0n) is 14.3. The van der Waals surface area contributed by atoms with Crippen LogP contribution in [0.25, 0.3) is 0 Å². The van der Waals surface area contributed by atoms with E-state index in [1.54, 1.807) is 11.3 Å². The summed E-state index contributed by atoms with van der Waals surface area (Å²) in [4.78, 5) is 31.8. The van der Waals surface area contributed by atoms with Crippen molar-refractivity contribution >= 4 is 23.2 Å². The third kappa shape index (κ3) is 3.10. The summed E-state index contributed by atoms with van der Waals surface area (Å²) in [5.74, 6) is 0.430. The predicted octanol–water partition coefficient (Wildman–Crippen LogP) is 3.10. The van der Waals surface area contributed by atoms with Crippen molar-refractivity contribution in [2.75, 3.05) is 26.2 Å². The summed E-state index contributed by atoms with van der Waals surface area (Å²) in [7, 11) is 0. The van der Waals surface area contributed by atoms with Crippen molar-refractivity contribution in [3.63, 3.8) is 0 Å². The number of amides is 2. The van der Waals surface area contributed by atoms with E-state index in [0.717, 1.165) is 63.0 Å². The van der Waals surface area contributed by atoms with Crippen LogP contribution in [0.5, 0.6) is 0 Å². The maximum atomic E-state index is 12.9. The highest BCUT2D eigenvalue weighted by molar-refractivity contribution is 7.14. The van der Waals surface area contributed by atoms with Crippen molar-refractivity contribution in [3.05, 3.63) is 21.4 Å². The number of piperidine rings is 1. The maximum absolute atomic E-state index is 12.9. The second-order valence-corrected chi connectivity index (χ2v) is 8.53. The second-order valence-electron chi connectivity index (χ2n) is 7.39. The van der Waals surface area contributed by atoms with Gasteiger partial charge in [-0.25, -0.2) is 0 Å². The minimum atomic E-state index is 0.00962. The highest BCUT2D eigenvalue weighted by Crippen LogP contribution is 2.31. The molecule has 24 heavy (non-hydrogen) atoms. The molecule has 2 fully saturated rings. The van der Waals surface area contributed by atoms with Crippen molar-refractivity contribution in [2.45, 2.75) is 51.4 Å². The first-order valence-electron chi connectivity index (χ1n) is 9.42. The Labute approximate surface area is 147 Å². The van der Waals surface area contributed by atoms with Crippen molar-refractivity contribution in [3.8, 4) is 0 Å². The predicted molar refractivity (Wildman–Crippen MR) is 95.4 cm³/mol. The van der Waals surface area contributed by atoms with Crippen molar-refractivity contribution in [1.29, 1.82) is 0 Å². The number of rotatable bonds is 2. The van der Waals surface area contributed by atoms with Crippen molar-refractivity contribution in [2.24, 2.45) is 5.92 Å². The fraction of sp³-hybridized carbons (Fsp3) is 0.684. The second kappa shape index (κ2) is 6.87. The summed E-state index contributed by atoms with van der Waals surface area (Å²) >= 11 is 1.69. The summed E-state index contributed by atoms with van der Waals surface area (Å²) in [6.07, 6.45) is 8.87. The first-order chi connectivity index (χ1) is 11.7. The first kappa shape index (κ1) is 16.1. The van der Waals surface area contributed by atoms with Gasteiger partial charge in [-0.05, 0) is 63.0 Å². The summed E-state index contributed by atoms with van der Waals surface area (Å²) in [6.45, 7) is 3.21. The molecule has 4 nitrogen and oxygen atoms in total. The molecule has 1 aromatic heterocycles. The Hall–Kier alpha value is -1.36. The number of aryl methyl sites for hydroxylation is 2. The van der Waals surface area contributed by atoms with E-state index in [2.05, 4.69) is 6.07 Å². The standard InChI is InChI=1S/C19H26N2O2S/c22-18(20-9-3-4-10-20)15-7-5-11-21(13-15)19(23)17-12-14-6-1-2-8-16(14)24-17/h12,15H,1-11,13H2. The molecule has 2 aliphatic heterocycles. The summed E-state index contributed by atoms with van der Waals surface area (Å²) in [5, 5.41) is 0. The van der Waals surface area contributed by atoms with E-state index >= 15 is 0 Å².